The average Bonchev–Trinajstić information content (AvgIpc) is 3.52. The Hall–Kier alpha value is -3.40. The first-order valence-electron chi connectivity index (χ1n) is 11.6. The molecule has 0 spiro atoms. The smallest absolute Gasteiger partial charge is 0.340 e. The molecule has 1 fully saturated rings. The summed E-state index contributed by atoms with van der Waals surface area (Å²) in [6.07, 6.45) is -1.18. The SMILES string of the molecule is CN1C(=S)c2c(nn(Cc3ccc(C(F)(F)F)cc3)c2Nc2ccccc2)N2C1=N[C@@H]1CCC[C@@H]12. The van der Waals surface area contributed by atoms with Gasteiger partial charge in [-0.1, -0.05) is 42.5 Å². The Morgan fingerprint density at radius 1 is 1.06 bits per heavy atom. The van der Waals surface area contributed by atoms with E-state index in [2.05, 4.69) is 10.2 Å². The first-order chi connectivity index (χ1) is 16.8. The average molecular weight is 497 g/mol. The molecule has 2 aliphatic heterocycles. The van der Waals surface area contributed by atoms with Crippen LogP contribution >= 0.6 is 12.2 Å². The highest BCUT2D eigenvalue weighted by molar-refractivity contribution is 7.80. The number of hydrogen-bond donors (Lipinski definition) is 1. The van der Waals surface area contributed by atoms with Gasteiger partial charge in [-0.05, 0) is 49.1 Å². The standard InChI is InChI=1S/C25H23F3N6S/c1-32-23(35)20-21(29-17-6-3-2-4-7-17)33(14-15-10-12-16(13-11-15)25(26,27)28)31-22(20)34-19-9-5-8-18(19)30-24(32)34/h2-4,6-7,10-13,18-19,29H,5,8-9,14H2,1H3/t18-,19+/m1/s1. The van der Waals surface area contributed by atoms with Crippen molar-refractivity contribution >= 4 is 40.5 Å². The van der Waals surface area contributed by atoms with Crippen molar-refractivity contribution in [3.05, 3.63) is 71.3 Å². The third kappa shape index (κ3) is 3.67. The molecule has 180 valence electrons. The van der Waals surface area contributed by atoms with Gasteiger partial charge in [-0.2, -0.15) is 18.3 Å². The summed E-state index contributed by atoms with van der Waals surface area (Å²) in [5.74, 6) is 2.29. The third-order valence-electron chi connectivity index (χ3n) is 6.90. The second-order valence-corrected chi connectivity index (χ2v) is 9.51. The van der Waals surface area contributed by atoms with Gasteiger partial charge in [0.15, 0.2) is 5.82 Å². The third-order valence-corrected chi connectivity index (χ3v) is 7.38. The predicted molar refractivity (Wildman–Crippen MR) is 133 cm³/mol. The Labute approximate surface area is 206 Å². The van der Waals surface area contributed by atoms with Crippen LogP contribution < -0.4 is 10.2 Å². The van der Waals surface area contributed by atoms with Crippen LogP contribution in [0.15, 0.2) is 59.6 Å². The van der Waals surface area contributed by atoms with Crippen LogP contribution in [0.4, 0.5) is 30.5 Å². The zero-order valence-electron chi connectivity index (χ0n) is 19.0. The van der Waals surface area contributed by atoms with Gasteiger partial charge in [0.1, 0.15) is 10.8 Å². The van der Waals surface area contributed by atoms with Gasteiger partial charge < -0.3 is 10.2 Å². The molecular formula is C25H23F3N6S. The molecule has 1 saturated carbocycles. The maximum Gasteiger partial charge on any atom is 0.416 e. The Kier molecular flexibility index (Phi) is 5.10. The number of para-hydroxylation sites is 1. The predicted octanol–water partition coefficient (Wildman–Crippen LogP) is 5.41. The molecule has 10 heteroatoms. The Morgan fingerprint density at radius 2 is 1.80 bits per heavy atom. The Balaban J connectivity index is 1.45. The molecule has 1 aromatic heterocycles. The minimum atomic E-state index is -4.37. The zero-order valence-corrected chi connectivity index (χ0v) is 19.8. The van der Waals surface area contributed by atoms with E-state index >= 15 is 0 Å². The number of alkyl halides is 3. The molecule has 1 N–H and O–H groups in total. The second-order valence-electron chi connectivity index (χ2n) is 9.12. The van der Waals surface area contributed by atoms with Crippen LogP contribution in [-0.2, 0) is 12.7 Å². The first kappa shape index (κ1) is 22.1. The van der Waals surface area contributed by atoms with Gasteiger partial charge in [-0.15, -0.1) is 0 Å². The van der Waals surface area contributed by atoms with Crippen molar-refractivity contribution in [1.29, 1.82) is 0 Å². The minimum Gasteiger partial charge on any atom is -0.340 e. The summed E-state index contributed by atoms with van der Waals surface area (Å²) in [5, 5.41) is 8.43. The number of aromatic nitrogens is 2. The van der Waals surface area contributed by atoms with Crippen molar-refractivity contribution in [2.45, 2.75) is 44.1 Å². The number of thiocarbonyl (C=S) groups is 1. The highest BCUT2D eigenvalue weighted by Gasteiger charge is 2.48. The molecule has 1 aliphatic carbocycles. The van der Waals surface area contributed by atoms with Gasteiger partial charge >= 0.3 is 6.18 Å². The van der Waals surface area contributed by atoms with Crippen LogP contribution in [-0.4, -0.2) is 44.8 Å². The minimum absolute atomic E-state index is 0.229. The summed E-state index contributed by atoms with van der Waals surface area (Å²) in [6, 6.07) is 15.4. The molecule has 2 aromatic carbocycles. The Bertz CT molecular complexity index is 1320. The number of hydrogen-bond acceptors (Lipinski definition) is 5. The summed E-state index contributed by atoms with van der Waals surface area (Å²) in [4.78, 5) is 9.70. The van der Waals surface area contributed by atoms with E-state index in [1.807, 2.05) is 42.3 Å². The van der Waals surface area contributed by atoms with Crippen LogP contribution in [0.1, 0.15) is 36.0 Å². The van der Waals surface area contributed by atoms with E-state index in [1.54, 1.807) is 4.68 Å². The summed E-state index contributed by atoms with van der Waals surface area (Å²) in [7, 11) is 1.93. The molecule has 3 aliphatic rings. The molecule has 0 radical (unpaired) electrons. The number of halogens is 3. The molecule has 3 heterocycles. The highest BCUT2D eigenvalue weighted by Crippen LogP contribution is 2.43. The molecule has 3 aromatic rings. The maximum absolute atomic E-state index is 13.1. The van der Waals surface area contributed by atoms with Crippen LogP contribution in [0.3, 0.4) is 0 Å². The van der Waals surface area contributed by atoms with E-state index in [0.717, 1.165) is 54.4 Å². The van der Waals surface area contributed by atoms with E-state index in [1.165, 1.54) is 12.1 Å². The van der Waals surface area contributed by atoms with Crippen molar-refractivity contribution in [3.8, 4) is 0 Å². The molecule has 0 bridgehead atoms. The summed E-state index contributed by atoms with van der Waals surface area (Å²) in [6.45, 7) is 0.293. The molecule has 6 rings (SSSR count). The second kappa shape index (κ2) is 8.08. The van der Waals surface area contributed by atoms with E-state index < -0.39 is 11.7 Å². The van der Waals surface area contributed by atoms with Crippen molar-refractivity contribution in [1.82, 2.24) is 14.7 Å². The Morgan fingerprint density at radius 3 is 2.51 bits per heavy atom. The molecule has 0 saturated heterocycles. The van der Waals surface area contributed by atoms with Crippen molar-refractivity contribution in [2.24, 2.45) is 4.99 Å². The zero-order chi connectivity index (χ0) is 24.3. The maximum atomic E-state index is 13.1. The van der Waals surface area contributed by atoms with Crippen LogP contribution in [0.25, 0.3) is 0 Å². The fourth-order valence-electron chi connectivity index (χ4n) is 5.18. The number of guanidine groups is 1. The van der Waals surface area contributed by atoms with E-state index in [9.17, 15) is 13.2 Å². The van der Waals surface area contributed by atoms with Gasteiger partial charge in [0.05, 0.1) is 29.8 Å². The van der Waals surface area contributed by atoms with Crippen molar-refractivity contribution in [2.75, 3.05) is 17.3 Å². The monoisotopic (exact) mass is 496 g/mol. The number of aliphatic imine (C=N–C) groups is 1. The summed E-state index contributed by atoms with van der Waals surface area (Å²) < 4.78 is 41.0. The highest BCUT2D eigenvalue weighted by atomic mass is 32.1. The number of fused-ring (bicyclic) bond motifs is 5. The van der Waals surface area contributed by atoms with E-state index in [0.29, 0.717) is 22.9 Å². The van der Waals surface area contributed by atoms with E-state index in [-0.39, 0.29) is 12.1 Å². The summed E-state index contributed by atoms with van der Waals surface area (Å²) >= 11 is 5.88. The molecule has 6 nitrogen and oxygen atoms in total. The first-order valence-corrected chi connectivity index (χ1v) is 12.0. The normalized spacial score (nSPS) is 21.0. The van der Waals surface area contributed by atoms with Gasteiger partial charge in [0.25, 0.3) is 0 Å². The van der Waals surface area contributed by atoms with Gasteiger partial charge in [0, 0.05) is 12.7 Å². The largest absolute Gasteiger partial charge is 0.416 e. The molecule has 2 atom stereocenters. The molecule has 0 amide bonds. The van der Waals surface area contributed by atoms with Crippen molar-refractivity contribution in [3.63, 3.8) is 0 Å². The van der Waals surface area contributed by atoms with Crippen molar-refractivity contribution < 1.29 is 13.2 Å². The topological polar surface area (TPSA) is 48.7 Å². The molecule has 0 unspecified atom stereocenters. The number of benzene rings is 2. The number of nitrogens with zero attached hydrogens (tertiary/aromatic N) is 5. The number of nitrogens with one attached hydrogen (secondary N) is 1. The van der Waals surface area contributed by atoms with E-state index in [4.69, 9.17) is 22.3 Å². The molecular weight excluding hydrogens is 473 g/mol. The fraction of sp³-hybridized carbons (Fsp3) is 0.320. The van der Waals surface area contributed by atoms with Crippen LogP contribution in [0.2, 0.25) is 0 Å². The quantitative estimate of drug-likeness (QED) is 0.490. The van der Waals surface area contributed by atoms with Crippen LogP contribution in [0.5, 0.6) is 0 Å². The van der Waals surface area contributed by atoms with Crippen LogP contribution in [0, 0.1) is 0 Å². The lowest BCUT2D eigenvalue weighted by Gasteiger charge is -2.35. The number of anilines is 3. The van der Waals surface area contributed by atoms with Gasteiger partial charge in [-0.25, -0.2) is 9.67 Å². The summed E-state index contributed by atoms with van der Waals surface area (Å²) in [5.41, 5.74) is 1.72. The lowest BCUT2D eigenvalue weighted by molar-refractivity contribution is -0.137. The van der Waals surface area contributed by atoms with Gasteiger partial charge in [0.2, 0.25) is 5.96 Å². The number of rotatable bonds is 4. The lowest BCUT2D eigenvalue weighted by Crippen LogP contribution is -2.51. The lowest BCUT2D eigenvalue weighted by atomic mass is 10.1. The van der Waals surface area contributed by atoms with Gasteiger partial charge in [-0.3, -0.25) is 4.90 Å². The molecule has 35 heavy (non-hydrogen) atoms. The fourth-order valence-corrected chi connectivity index (χ4v) is 5.45.